The van der Waals surface area contributed by atoms with Gasteiger partial charge < -0.3 is 24.8 Å². The zero-order chi connectivity index (χ0) is 19.5. The molecule has 0 spiro atoms. The van der Waals surface area contributed by atoms with E-state index < -0.39 is 6.61 Å². The van der Waals surface area contributed by atoms with Crippen molar-refractivity contribution < 1.29 is 23.0 Å². The normalized spacial score (nSPS) is 17.4. The second-order valence-electron chi connectivity index (χ2n) is 6.50. The molecule has 1 heterocycles. The van der Waals surface area contributed by atoms with Crippen molar-refractivity contribution in [3.63, 3.8) is 0 Å². The van der Waals surface area contributed by atoms with Gasteiger partial charge in [-0.3, -0.25) is 4.99 Å². The molecule has 1 atom stereocenters. The third-order valence-corrected chi connectivity index (χ3v) is 4.24. The zero-order valence-corrected chi connectivity index (χ0v) is 16.0. The summed E-state index contributed by atoms with van der Waals surface area (Å²) >= 11 is 0. The number of nitrogens with one attached hydrogen (secondary N) is 2. The van der Waals surface area contributed by atoms with Gasteiger partial charge in [0, 0.05) is 44.8 Å². The van der Waals surface area contributed by atoms with E-state index >= 15 is 0 Å². The molecular formula is C19H29F2N3O3. The standard InChI is InChI=1S/C19H29F2N3O3/c1-14-4-5-17(27-18(20)21)16(10-14)11-24-19(22-2)23-7-3-8-25-12-15-6-9-26-13-15/h4-5,10,15,18H,3,6-9,11-13H2,1-2H3,(H2,22,23,24). The van der Waals surface area contributed by atoms with Gasteiger partial charge in [-0.25, -0.2) is 0 Å². The largest absolute Gasteiger partial charge is 0.434 e. The minimum atomic E-state index is -2.85. The van der Waals surface area contributed by atoms with Crippen LogP contribution in [0.4, 0.5) is 8.78 Å². The summed E-state index contributed by atoms with van der Waals surface area (Å²) in [5, 5.41) is 6.31. The van der Waals surface area contributed by atoms with Gasteiger partial charge in [-0.05, 0) is 25.8 Å². The topological polar surface area (TPSA) is 64.1 Å². The number of aryl methyl sites for hydroxylation is 1. The van der Waals surface area contributed by atoms with Crippen molar-refractivity contribution in [2.75, 3.05) is 40.0 Å². The molecule has 1 saturated heterocycles. The highest BCUT2D eigenvalue weighted by molar-refractivity contribution is 5.79. The number of hydrogen-bond donors (Lipinski definition) is 2. The van der Waals surface area contributed by atoms with Gasteiger partial charge in [-0.15, -0.1) is 0 Å². The van der Waals surface area contributed by atoms with E-state index in [1.54, 1.807) is 19.2 Å². The molecule has 2 rings (SSSR count). The van der Waals surface area contributed by atoms with Crippen LogP contribution >= 0.6 is 0 Å². The van der Waals surface area contributed by atoms with Crippen LogP contribution < -0.4 is 15.4 Å². The summed E-state index contributed by atoms with van der Waals surface area (Å²) in [6.07, 6.45) is 1.92. The number of halogens is 2. The maximum atomic E-state index is 12.5. The summed E-state index contributed by atoms with van der Waals surface area (Å²) in [6, 6.07) is 5.12. The van der Waals surface area contributed by atoms with E-state index in [2.05, 4.69) is 20.4 Å². The van der Waals surface area contributed by atoms with Crippen LogP contribution in [0.25, 0.3) is 0 Å². The molecule has 1 unspecified atom stereocenters. The average Bonchev–Trinajstić information content (AvgIpc) is 3.15. The molecule has 2 N–H and O–H groups in total. The van der Waals surface area contributed by atoms with Gasteiger partial charge in [0.05, 0.1) is 13.2 Å². The molecule has 1 fully saturated rings. The lowest BCUT2D eigenvalue weighted by Crippen LogP contribution is -2.37. The van der Waals surface area contributed by atoms with Crippen LogP contribution in [0.1, 0.15) is 24.0 Å². The Morgan fingerprint density at radius 1 is 1.37 bits per heavy atom. The number of benzene rings is 1. The molecule has 0 bridgehead atoms. The second-order valence-corrected chi connectivity index (χ2v) is 6.50. The lowest BCUT2D eigenvalue weighted by Gasteiger charge is -2.15. The maximum Gasteiger partial charge on any atom is 0.387 e. The fourth-order valence-corrected chi connectivity index (χ4v) is 2.80. The first kappa shape index (κ1) is 21.4. The Morgan fingerprint density at radius 2 is 2.22 bits per heavy atom. The molecule has 1 aromatic rings. The number of rotatable bonds is 10. The second kappa shape index (κ2) is 11.7. The Bertz CT molecular complexity index is 594. The van der Waals surface area contributed by atoms with Crippen molar-refractivity contribution in [1.29, 1.82) is 0 Å². The highest BCUT2D eigenvalue weighted by atomic mass is 19.3. The van der Waals surface area contributed by atoms with E-state index in [9.17, 15) is 8.78 Å². The molecule has 1 aliphatic rings. The summed E-state index contributed by atoms with van der Waals surface area (Å²) in [4.78, 5) is 4.15. The van der Waals surface area contributed by atoms with Gasteiger partial charge >= 0.3 is 6.61 Å². The average molecular weight is 385 g/mol. The van der Waals surface area contributed by atoms with Crippen LogP contribution in [0.2, 0.25) is 0 Å². The highest BCUT2D eigenvalue weighted by Crippen LogP contribution is 2.21. The predicted octanol–water partition coefficient (Wildman–Crippen LogP) is 2.70. The molecule has 27 heavy (non-hydrogen) atoms. The van der Waals surface area contributed by atoms with E-state index in [0.29, 0.717) is 37.1 Å². The molecule has 0 aromatic heterocycles. The molecule has 8 heteroatoms. The quantitative estimate of drug-likeness (QED) is 0.368. The number of alkyl halides is 2. The molecule has 0 aliphatic carbocycles. The van der Waals surface area contributed by atoms with Crippen LogP contribution in [-0.2, 0) is 16.0 Å². The number of nitrogens with zero attached hydrogens (tertiary/aromatic N) is 1. The number of aliphatic imine (C=N–C) groups is 1. The third-order valence-electron chi connectivity index (χ3n) is 4.24. The minimum absolute atomic E-state index is 0.169. The van der Waals surface area contributed by atoms with Gasteiger partial charge in [0.1, 0.15) is 5.75 Å². The number of guanidine groups is 1. The molecule has 0 saturated carbocycles. The molecule has 0 radical (unpaired) electrons. The van der Waals surface area contributed by atoms with Gasteiger partial charge in [0.25, 0.3) is 0 Å². The third kappa shape index (κ3) is 8.09. The fourth-order valence-electron chi connectivity index (χ4n) is 2.80. The molecular weight excluding hydrogens is 356 g/mol. The lowest BCUT2D eigenvalue weighted by atomic mass is 10.1. The Morgan fingerprint density at radius 3 is 2.93 bits per heavy atom. The van der Waals surface area contributed by atoms with Crippen LogP contribution in [0.3, 0.4) is 0 Å². The molecule has 152 valence electrons. The zero-order valence-electron chi connectivity index (χ0n) is 16.0. The van der Waals surface area contributed by atoms with Crippen molar-refractivity contribution in [3.8, 4) is 5.75 Å². The summed E-state index contributed by atoms with van der Waals surface area (Å²) < 4.78 is 40.6. The minimum Gasteiger partial charge on any atom is -0.434 e. The Kier molecular flexibility index (Phi) is 9.27. The lowest BCUT2D eigenvalue weighted by molar-refractivity contribution is -0.0504. The van der Waals surface area contributed by atoms with E-state index in [-0.39, 0.29) is 5.75 Å². The molecule has 0 amide bonds. The Labute approximate surface area is 159 Å². The summed E-state index contributed by atoms with van der Waals surface area (Å²) in [6.45, 7) is 3.14. The Hall–Kier alpha value is -1.93. The SMILES string of the molecule is CN=C(NCCCOCC1CCOC1)NCc1cc(C)ccc1OC(F)F. The smallest absolute Gasteiger partial charge is 0.387 e. The van der Waals surface area contributed by atoms with Crippen molar-refractivity contribution in [3.05, 3.63) is 29.3 Å². The molecule has 1 aliphatic heterocycles. The predicted molar refractivity (Wildman–Crippen MR) is 100 cm³/mol. The van der Waals surface area contributed by atoms with Crippen LogP contribution in [0.15, 0.2) is 23.2 Å². The van der Waals surface area contributed by atoms with Gasteiger partial charge in [0.2, 0.25) is 0 Å². The van der Waals surface area contributed by atoms with Crippen LogP contribution in [0.5, 0.6) is 5.75 Å². The highest BCUT2D eigenvalue weighted by Gasteiger charge is 2.15. The number of ether oxygens (including phenoxy) is 3. The van der Waals surface area contributed by atoms with Gasteiger partial charge in [-0.2, -0.15) is 8.78 Å². The van der Waals surface area contributed by atoms with E-state index in [1.165, 1.54) is 0 Å². The van der Waals surface area contributed by atoms with Crippen LogP contribution in [0, 0.1) is 12.8 Å². The summed E-state index contributed by atoms with van der Waals surface area (Å²) in [7, 11) is 1.67. The molecule has 1 aromatic carbocycles. The van der Waals surface area contributed by atoms with Crippen molar-refractivity contribution in [1.82, 2.24) is 10.6 Å². The van der Waals surface area contributed by atoms with E-state index in [4.69, 9.17) is 9.47 Å². The fraction of sp³-hybridized carbons (Fsp3) is 0.632. The summed E-state index contributed by atoms with van der Waals surface area (Å²) in [5.41, 5.74) is 1.63. The first-order valence-corrected chi connectivity index (χ1v) is 9.23. The van der Waals surface area contributed by atoms with Crippen LogP contribution in [-0.4, -0.2) is 52.6 Å². The van der Waals surface area contributed by atoms with Crippen molar-refractivity contribution in [2.24, 2.45) is 10.9 Å². The molecule has 6 nitrogen and oxygen atoms in total. The number of hydrogen-bond acceptors (Lipinski definition) is 4. The van der Waals surface area contributed by atoms with Crippen molar-refractivity contribution in [2.45, 2.75) is 32.9 Å². The monoisotopic (exact) mass is 385 g/mol. The summed E-state index contributed by atoms with van der Waals surface area (Å²) in [5.74, 6) is 1.29. The van der Waals surface area contributed by atoms with Gasteiger partial charge in [-0.1, -0.05) is 17.7 Å². The van der Waals surface area contributed by atoms with Crippen molar-refractivity contribution >= 4 is 5.96 Å². The maximum absolute atomic E-state index is 12.5. The first-order valence-electron chi connectivity index (χ1n) is 9.23. The van der Waals surface area contributed by atoms with E-state index in [1.807, 2.05) is 13.0 Å². The Balaban J connectivity index is 1.68. The van der Waals surface area contributed by atoms with E-state index in [0.717, 1.165) is 38.2 Å². The van der Waals surface area contributed by atoms with Gasteiger partial charge in [0.15, 0.2) is 5.96 Å². The first-order chi connectivity index (χ1) is 13.1.